The summed E-state index contributed by atoms with van der Waals surface area (Å²) in [5.74, 6) is -5.21. The fourth-order valence-electron chi connectivity index (χ4n) is 4.86. The number of carbonyl (C=O) groups is 3. The van der Waals surface area contributed by atoms with Gasteiger partial charge in [0.05, 0.1) is 23.1 Å². The van der Waals surface area contributed by atoms with Crippen LogP contribution in [0.5, 0.6) is 0 Å². The first-order valence-electron chi connectivity index (χ1n) is 10.9. The lowest BCUT2D eigenvalue weighted by Crippen LogP contribution is -2.46. The summed E-state index contributed by atoms with van der Waals surface area (Å²) in [6.07, 6.45) is 0. The lowest BCUT2D eigenvalue weighted by Gasteiger charge is -2.35. The molecule has 2 heterocycles. The lowest BCUT2D eigenvalue weighted by atomic mass is 9.71. The van der Waals surface area contributed by atoms with Crippen LogP contribution in [0.2, 0.25) is 10.0 Å². The van der Waals surface area contributed by atoms with E-state index < -0.39 is 34.9 Å². The second-order valence-corrected chi connectivity index (χ2v) is 9.40. The van der Waals surface area contributed by atoms with Crippen LogP contribution < -0.4 is 5.32 Å². The predicted octanol–water partition coefficient (Wildman–Crippen LogP) is 4.82. The maximum absolute atomic E-state index is 13.7. The molecule has 1 aliphatic carbocycles. The molecule has 9 heteroatoms. The van der Waals surface area contributed by atoms with Crippen molar-refractivity contribution in [3.8, 4) is 6.07 Å². The van der Waals surface area contributed by atoms with Crippen molar-refractivity contribution in [3.63, 3.8) is 0 Å². The molecule has 0 radical (unpaired) electrons. The fourth-order valence-corrected chi connectivity index (χ4v) is 5.23. The molecule has 2 aliphatic heterocycles. The number of halogens is 2. The van der Waals surface area contributed by atoms with Crippen molar-refractivity contribution >= 4 is 40.7 Å². The summed E-state index contributed by atoms with van der Waals surface area (Å²) < 4.78 is 11.7. The Bertz CT molecular complexity index is 1580. The van der Waals surface area contributed by atoms with Gasteiger partial charge in [0.15, 0.2) is 11.5 Å². The van der Waals surface area contributed by atoms with Crippen molar-refractivity contribution in [3.05, 3.63) is 116 Å². The first-order chi connectivity index (χ1) is 17.3. The molecule has 1 saturated heterocycles. The van der Waals surface area contributed by atoms with Gasteiger partial charge >= 0.3 is 11.9 Å². The molecule has 176 valence electrons. The number of hydrogen-bond donors (Lipinski definition) is 1. The van der Waals surface area contributed by atoms with Gasteiger partial charge in [-0.1, -0.05) is 65.7 Å². The van der Waals surface area contributed by atoms with Gasteiger partial charge in [-0.05, 0) is 35.9 Å². The van der Waals surface area contributed by atoms with Crippen molar-refractivity contribution < 1.29 is 23.9 Å². The van der Waals surface area contributed by atoms with Crippen molar-refractivity contribution in [1.82, 2.24) is 5.32 Å². The molecule has 1 fully saturated rings. The molecule has 6 rings (SSSR count). The van der Waals surface area contributed by atoms with Gasteiger partial charge in [0.2, 0.25) is 11.3 Å². The van der Waals surface area contributed by atoms with Crippen LogP contribution in [0.25, 0.3) is 0 Å². The molecular formula is C27H14Cl2N2O5. The highest BCUT2D eigenvalue weighted by molar-refractivity contribution is 6.32. The van der Waals surface area contributed by atoms with E-state index in [-0.39, 0.29) is 33.0 Å². The molecule has 3 aliphatic rings. The van der Waals surface area contributed by atoms with E-state index in [1.165, 1.54) is 30.3 Å². The number of allylic oxidation sites excluding steroid dienone is 1. The Morgan fingerprint density at radius 2 is 1.58 bits per heavy atom. The number of nitrogens with one attached hydrogen (secondary N) is 1. The van der Waals surface area contributed by atoms with E-state index in [9.17, 15) is 19.6 Å². The predicted molar refractivity (Wildman–Crippen MR) is 128 cm³/mol. The first-order valence-corrected chi connectivity index (χ1v) is 11.6. The minimum absolute atomic E-state index is 0.0171. The maximum Gasteiger partial charge on any atom is 0.351 e. The van der Waals surface area contributed by atoms with E-state index in [4.69, 9.17) is 32.7 Å². The molecule has 0 saturated carbocycles. The van der Waals surface area contributed by atoms with Crippen molar-refractivity contribution in [2.75, 3.05) is 0 Å². The Hall–Kier alpha value is -3.96. The third kappa shape index (κ3) is 2.99. The molecule has 1 N–H and O–H groups in total. The average molecular weight is 517 g/mol. The number of ether oxygens (including phenoxy) is 2. The number of carbonyl (C=O) groups excluding carboxylic acids is 3. The van der Waals surface area contributed by atoms with Crippen LogP contribution in [0.1, 0.15) is 42.6 Å². The smallest absolute Gasteiger partial charge is 0.351 e. The van der Waals surface area contributed by atoms with Gasteiger partial charge in [0.25, 0.3) is 0 Å². The van der Waals surface area contributed by atoms with Gasteiger partial charge in [-0.3, -0.25) is 9.59 Å². The number of nitrogens with zero attached hydrogens (tertiary/aromatic N) is 1. The molecular weight excluding hydrogens is 503 g/mol. The number of Topliss-reactive ketones (excluding diaryl/α,β-unsaturated/α-hetero) is 2. The zero-order chi connectivity index (χ0) is 25.2. The van der Waals surface area contributed by atoms with Crippen LogP contribution in [-0.4, -0.2) is 29.0 Å². The maximum atomic E-state index is 13.7. The zero-order valence-electron chi connectivity index (χ0n) is 18.2. The minimum atomic E-state index is -2.02. The van der Waals surface area contributed by atoms with Crippen molar-refractivity contribution in [1.29, 1.82) is 5.26 Å². The van der Waals surface area contributed by atoms with Gasteiger partial charge in [-0.25, -0.2) is 10.1 Å². The number of esters is 1. The monoisotopic (exact) mass is 516 g/mol. The van der Waals surface area contributed by atoms with E-state index in [1.807, 2.05) is 0 Å². The van der Waals surface area contributed by atoms with Crippen LogP contribution in [0.4, 0.5) is 0 Å². The molecule has 0 spiro atoms. The normalized spacial score (nSPS) is 25.6. The van der Waals surface area contributed by atoms with Gasteiger partial charge in [0, 0.05) is 21.2 Å². The lowest BCUT2D eigenvalue weighted by molar-refractivity contribution is -0.125. The summed E-state index contributed by atoms with van der Waals surface area (Å²) in [6.45, 7) is 0. The summed E-state index contributed by atoms with van der Waals surface area (Å²) in [5.41, 5.74) is -0.820. The average Bonchev–Trinajstić information content (AvgIpc) is 3.55. The second-order valence-electron chi connectivity index (χ2n) is 8.56. The van der Waals surface area contributed by atoms with Crippen LogP contribution >= 0.6 is 23.2 Å². The highest BCUT2D eigenvalue weighted by Crippen LogP contribution is 2.60. The largest absolute Gasteiger partial charge is 0.433 e. The second kappa shape index (κ2) is 7.77. The molecule has 0 aromatic heterocycles. The molecule has 3 atom stereocenters. The van der Waals surface area contributed by atoms with E-state index in [0.29, 0.717) is 10.6 Å². The highest BCUT2D eigenvalue weighted by atomic mass is 35.5. The summed E-state index contributed by atoms with van der Waals surface area (Å²) in [5, 5.41) is 13.9. The number of nitriles is 1. The Labute approximate surface area is 214 Å². The number of ketones is 2. The zero-order valence-corrected chi connectivity index (χ0v) is 19.8. The fraction of sp³-hybridized carbons (Fsp3) is 0.111. The summed E-state index contributed by atoms with van der Waals surface area (Å²) >= 11 is 12.4. The van der Waals surface area contributed by atoms with Gasteiger partial charge in [-0.2, -0.15) is 5.26 Å². The Balaban J connectivity index is 1.53. The molecule has 3 aromatic rings. The van der Waals surface area contributed by atoms with Gasteiger partial charge in [-0.15, -0.1) is 0 Å². The van der Waals surface area contributed by atoms with Crippen molar-refractivity contribution in [2.24, 2.45) is 0 Å². The number of hydrogen-bond acceptors (Lipinski definition) is 7. The standard InChI is InChI=1S/C27H14Cl2N2O5/c28-15-11-9-14(10-12-15)25(34)36-27-26(13-30,31-27)21(18-7-3-4-8-19(18)29)20-22(32)16-5-1-2-6-17(16)23(33)24(20)35-27/h1-12,21,31H. The number of benzene rings is 3. The summed E-state index contributed by atoms with van der Waals surface area (Å²) in [6, 6.07) is 21.1. The van der Waals surface area contributed by atoms with E-state index in [0.717, 1.165) is 0 Å². The quantitative estimate of drug-likeness (QED) is 0.391. The Kier molecular flexibility index (Phi) is 4.86. The third-order valence-corrected chi connectivity index (χ3v) is 7.20. The van der Waals surface area contributed by atoms with Crippen LogP contribution in [0.15, 0.2) is 84.1 Å². The molecule has 0 bridgehead atoms. The van der Waals surface area contributed by atoms with E-state index >= 15 is 0 Å². The van der Waals surface area contributed by atoms with Gasteiger partial charge < -0.3 is 9.47 Å². The number of fused-ring (bicyclic) bond motifs is 2. The van der Waals surface area contributed by atoms with Gasteiger partial charge in [0.1, 0.15) is 0 Å². The van der Waals surface area contributed by atoms with Crippen LogP contribution in [0.3, 0.4) is 0 Å². The molecule has 0 amide bonds. The third-order valence-electron chi connectivity index (χ3n) is 6.61. The Morgan fingerprint density at radius 3 is 2.25 bits per heavy atom. The summed E-state index contributed by atoms with van der Waals surface area (Å²) in [7, 11) is 0. The van der Waals surface area contributed by atoms with E-state index in [2.05, 4.69) is 11.4 Å². The van der Waals surface area contributed by atoms with Crippen LogP contribution in [0, 0.1) is 11.3 Å². The van der Waals surface area contributed by atoms with Crippen LogP contribution in [-0.2, 0) is 9.47 Å². The molecule has 7 nitrogen and oxygen atoms in total. The molecule has 3 unspecified atom stereocenters. The van der Waals surface area contributed by atoms with E-state index in [1.54, 1.807) is 42.5 Å². The molecule has 3 aromatic carbocycles. The first kappa shape index (κ1) is 22.5. The molecule has 36 heavy (non-hydrogen) atoms. The SMILES string of the molecule is N#CC12NC1(OC(=O)c1ccc(Cl)cc1)OC1=C(C(=O)c3ccccc3C1=O)C2c1ccccc1Cl. The highest BCUT2D eigenvalue weighted by Gasteiger charge is 2.83. The summed E-state index contributed by atoms with van der Waals surface area (Å²) in [4.78, 5) is 40.3. The number of rotatable bonds is 3. The van der Waals surface area contributed by atoms with Crippen molar-refractivity contribution in [2.45, 2.75) is 17.4 Å². The topological polar surface area (TPSA) is 115 Å². The minimum Gasteiger partial charge on any atom is -0.433 e. The Morgan fingerprint density at radius 1 is 0.944 bits per heavy atom.